The van der Waals surface area contributed by atoms with Gasteiger partial charge in [-0.3, -0.25) is 10.1 Å². The maximum atomic E-state index is 13.3. The van der Waals surface area contributed by atoms with Crippen molar-refractivity contribution in [1.29, 1.82) is 0 Å². The average molecular weight is 402 g/mol. The lowest BCUT2D eigenvalue weighted by molar-refractivity contribution is -0.169. The van der Waals surface area contributed by atoms with Crippen molar-refractivity contribution < 1.29 is 29.0 Å². The number of nitrogens with one attached hydrogen (secondary N) is 2. The van der Waals surface area contributed by atoms with E-state index in [0.29, 0.717) is 30.5 Å². The molecule has 8 nitrogen and oxygen atoms in total. The van der Waals surface area contributed by atoms with E-state index in [9.17, 15) is 19.5 Å². The van der Waals surface area contributed by atoms with Gasteiger partial charge in [-0.1, -0.05) is 24.6 Å². The van der Waals surface area contributed by atoms with Gasteiger partial charge in [0.1, 0.15) is 5.54 Å². The second kappa shape index (κ2) is 7.11. The second-order valence-corrected chi connectivity index (χ2v) is 7.81. The van der Waals surface area contributed by atoms with Crippen LogP contribution in [-0.4, -0.2) is 47.8 Å². The van der Waals surface area contributed by atoms with E-state index < -0.39 is 41.0 Å². The molecule has 0 radical (unpaired) electrons. The normalized spacial score (nSPS) is 31.7. The fourth-order valence-corrected chi connectivity index (χ4v) is 5.45. The molecule has 29 heavy (non-hydrogen) atoms. The fraction of sp³-hybridized carbons (Fsp3) is 0.571. The lowest BCUT2D eigenvalue weighted by Gasteiger charge is -2.38. The Morgan fingerprint density at radius 2 is 1.79 bits per heavy atom. The van der Waals surface area contributed by atoms with Crippen molar-refractivity contribution in [3.05, 3.63) is 29.8 Å². The van der Waals surface area contributed by atoms with Crippen LogP contribution >= 0.6 is 0 Å². The molecule has 1 aromatic carbocycles. The minimum atomic E-state index is -1.85. The van der Waals surface area contributed by atoms with Crippen molar-refractivity contribution in [2.75, 3.05) is 18.5 Å². The predicted octanol–water partition coefficient (Wildman–Crippen LogP) is 1.08. The Morgan fingerprint density at radius 3 is 2.45 bits per heavy atom. The topological polar surface area (TPSA) is 114 Å². The monoisotopic (exact) mass is 402 g/mol. The first kappa shape index (κ1) is 19.8. The summed E-state index contributed by atoms with van der Waals surface area (Å²) in [5.41, 5.74) is -2.05. The summed E-state index contributed by atoms with van der Waals surface area (Å²) in [7, 11) is 0. The molecule has 1 aromatic rings. The van der Waals surface area contributed by atoms with E-state index >= 15 is 0 Å². The van der Waals surface area contributed by atoms with E-state index in [4.69, 9.17) is 9.47 Å². The van der Waals surface area contributed by atoms with E-state index in [1.807, 2.05) is 0 Å². The third kappa shape index (κ3) is 2.55. The van der Waals surface area contributed by atoms with Crippen molar-refractivity contribution in [1.82, 2.24) is 5.32 Å². The van der Waals surface area contributed by atoms with Crippen LogP contribution < -0.4 is 10.6 Å². The third-order valence-corrected chi connectivity index (χ3v) is 6.47. The highest BCUT2D eigenvalue weighted by Gasteiger charge is 2.74. The number of carbonyl (C=O) groups is 3. The standard InChI is InChI=1S/C21H26N2O6/c1-3-28-18(26)21(19(27)29-4-2)13-9-7-11-15(24)16(13)20(23-21)12-8-5-6-10-14(12)22-17(20)25/h5-6,8,10,13,15-16,23-24H,3-4,7,9,11H2,1-2H3,(H,22,25)/t13-,15?,16-,20+/m1/s1. The van der Waals surface area contributed by atoms with Crippen LogP contribution in [0.3, 0.4) is 0 Å². The summed E-state index contributed by atoms with van der Waals surface area (Å²) in [6.45, 7) is 3.48. The number of esters is 2. The molecule has 1 saturated heterocycles. The van der Waals surface area contributed by atoms with Gasteiger partial charge in [0.15, 0.2) is 0 Å². The molecule has 1 amide bonds. The zero-order valence-corrected chi connectivity index (χ0v) is 16.6. The minimum Gasteiger partial charge on any atom is -0.464 e. The van der Waals surface area contributed by atoms with Gasteiger partial charge in [0.25, 0.3) is 0 Å². The molecule has 1 unspecified atom stereocenters. The SMILES string of the molecule is CCOC(=O)C1(C(=O)OCC)N[C@]2(C(=O)Nc3ccccc32)[C@H]2C(O)CCC[C@H]21. The van der Waals surface area contributed by atoms with Crippen LogP contribution in [0.25, 0.3) is 0 Å². The number of para-hydroxylation sites is 1. The number of ether oxygens (including phenoxy) is 2. The molecule has 3 aliphatic rings. The van der Waals surface area contributed by atoms with Crippen molar-refractivity contribution in [2.45, 2.75) is 50.3 Å². The zero-order chi connectivity index (χ0) is 20.8. The summed E-state index contributed by atoms with van der Waals surface area (Å²) in [5, 5.41) is 16.9. The molecule has 4 atom stereocenters. The number of carbonyl (C=O) groups excluding carboxylic acids is 3. The molecule has 156 valence electrons. The molecule has 1 aliphatic carbocycles. The summed E-state index contributed by atoms with van der Waals surface area (Å²) in [5.74, 6) is -3.23. The van der Waals surface area contributed by atoms with Gasteiger partial charge in [0.05, 0.1) is 19.3 Å². The maximum Gasteiger partial charge on any atom is 0.338 e. The summed E-state index contributed by atoms with van der Waals surface area (Å²) in [6.07, 6.45) is 0.749. The zero-order valence-electron chi connectivity index (χ0n) is 16.6. The Hall–Kier alpha value is -2.45. The highest BCUT2D eigenvalue weighted by atomic mass is 16.6. The van der Waals surface area contributed by atoms with Gasteiger partial charge in [0, 0.05) is 23.1 Å². The molecule has 1 saturated carbocycles. The van der Waals surface area contributed by atoms with Crippen molar-refractivity contribution >= 4 is 23.5 Å². The van der Waals surface area contributed by atoms with Gasteiger partial charge >= 0.3 is 11.9 Å². The lowest BCUT2D eigenvalue weighted by Crippen LogP contribution is -2.63. The Kier molecular flexibility index (Phi) is 4.86. The number of rotatable bonds is 4. The van der Waals surface area contributed by atoms with Crippen LogP contribution in [-0.2, 0) is 29.4 Å². The highest BCUT2D eigenvalue weighted by Crippen LogP contribution is 2.57. The van der Waals surface area contributed by atoms with E-state index in [1.165, 1.54) is 0 Å². The highest BCUT2D eigenvalue weighted by molar-refractivity contribution is 6.12. The maximum absolute atomic E-state index is 13.3. The number of amides is 1. The first-order valence-electron chi connectivity index (χ1n) is 10.2. The van der Waals surface area contributed by atoms with Crippen molar-refractivity contribution in [3.8, 4) is 0 Å². The van der Waals surface area contributed by atoms with Crippen LogP contribution in [0.1, 0.15) is 38.7 Å². The third-order valence-electron chi connectivity index (χ3n) is 6.47. The van der Waals surface area contributed by atoms with Crippen LogP contribution in [0.5, 0.6) is 0 Å². The van der Waals surface area contributed by atoms with Gasteiger partial charge in [0.2, 0.25) is 11.4 Å². The molecule has 0 bridgehead atoms. The largest absolute Gasteiger partial charge is 0.464 e. The van der Waals surface area contributed by atoms with Crippen molar-refractivity contribution in [3.63, 3.8) is 0 Å². The van der Waals surface area contributed by atoms with Gasteiger partial charge in [-0.25, -0.2) is 9.59 Å². The summed E-state index contributed by atoms with van der Waals surface area (Å²) >= 11 is 0. The molecule has 2 fully saturated rings. The molecule has 2 heterocycles. The van der Waals surface area contributed by atoms with Crippen molar-refractivity contribution in [2.24, 2.45) is 11.8 Å². The summed E-state index contributed by atoms with van der Waals surface area (Å²) < 4.78 is 10.6. The Labute approximate surface area is 168 Å². The fourth-order valence-electron chi connectivity index (χ4n) is 5.45. The molecule has 0 aromatic heterocycles. The molecule has 4 rings (SSSR count). The first-order valence-corrected chi connectivity index (χ1v) is 10.2. The van der Waals surface area contributed by atoms with Crippen LogP contribution in [0, 0.1) is 11.8 Å². The van der Waals surface area contributed by atoms with Crippen LogP contribution in [0.2, 0.25) is 0 Å². The molecule has 8 heteroatoms. The lowest BCUT2D eigenvalue weighted by atomic mass is 9.64. The van der Waals surface area contributed by atoms with Gasteiger partial charge < -0.3 is 19.9 Å². The smallest absolute Gasteiger partial charge is 0.338 e. The molecular weight excluding hydrogens is 376 g/mol. The minimum absolute atomic E-state index is 0.0807. The van der Waals surface area contributed by atoms with E-state index in [-0.39, 0.29) is 19.1 Å². The molecule has 1 spiro atoms. The Balaban J connectivity index is 1.94. The predicted molar refractivity (Wildman–Crippen MR) is 103 cm³/mol. The molecule has 3 N–H and O–H groups in total. The van der Waals surface area contributed by atoms with Crippen LogP contribution in [0.15, 0.2) is 24.3 Å². The van der Waals surface area contributed by atoms with Gasteiger partial charge in [-0.15, -0.1) is 0 Å². The van der Waals surface area contributed by atoms with Gasteiger partial charge in [-0.2, -0.15) is 0 Å². The average Bonchev–Trinajstić information content (AvgIpc) is 3.17. The number of hydrogen-bond donors (Lipinski definition) is 3. The van der Waals surface area contributed by atoms with E-state index in [1.54, 1.807) is 38.1 Å². The number of fused-ring (bicyclic) bond motifs is 4. The van der Waals surface area contributed by atoms with E-state index in [2.05, 4.69) is 10.6 Å². The second-order valence-electron chi connectivity index (χ2n) is 7.81. The van der Waals surface area contributed by atoms with E-state index in [0.717, 1.165) is 0 Å². The molecular formula is C21H26N2O6. The number of aliphatic hydroxyl groups is 1. The number of benzene rings is 1. The summed E-state index contributed by atoms with van der Waals surface area (Å²) in [4.78, 5) is 39.7. The number of hydrogen-bond acceptors (Lipinski definition) is 7. The Bertz CT molecular complexity index is 837. The Morgan fingerprint density at radius 1 is 1.14 bits per heavy atom. The quantitative estimate of drug-likeness (QED) is 0.510. The van der Waals surface area contributed by atoms with Crippen LogP contribution in [0.4, 0.5) is 5.69 Å². The first-order chi connectivity index (χ1) is 13.9. The number of anilines is 1. The van der Waals surface area contributed by atoms with Gasteiger partial charge in [-0.05, 0) is 32.8 Å². The number of aliphatic hydroxyl groups excluding tert-OH is 1. The molecule has 2 aliphatic heterocycles. The summed E-state index contributed by atoms with van der Waals surface area (Å²) in [6, 6.07) is 7.14.